The van der Waals surface area contributed by atoms with Gasteiger partial charge in [0.05, 0.1) is 12.1 Å². The van der Waals surface area contributed by atoms with Crippen molar-refractivity contribution in [3.8, 4) is 0 Å². The molecule has 1 aromatic carbocycles. The van der Waals surface area contributed by atoms with Gasteiger partial charge in [-0.25, -0.2) is 0 Å². The maximum Gasteiger partial charge on any atom is 0.0738 e. The number of rotatable bonds is 6. The summed E-state index contributed by atoms with van der Waals surface area (Å²) < 4.78 is 5.42. The number of hydrogen-bond donors (Lipinski definition) is 2. The van der Waals surface area contributed by atoms with Crippen LogP contribution in [-0.4, -0.2) is 19.3 Å². The van der Waals surface area contributed by atoms with Gasteiger partial charge in [0.25, 0.3) is 0 Å². The largest absolute Gasteiger partial charge is 0.380 e. The first-order valence-electron chi connectivity index (χ1n) is 5.76. The molecular formula is C13H22N2O. The lowest BCUT2D eigenvalue weighted by Crippen LogP contribution is -2.46. The van der Waals surface area contributed by atoms with Gasteiger partial charge in [-0.1, -0.05) is 31.2 Å². The van der Waals surface area contributed by atoms with Crippen molar-refractivity contribution in [1.82, 2.24) is 5.43 Å². The Kier molecular flexibility index (Phi) is 5.46. The van der Waals surface area contributed by atoms with Gasteiger partial charge < -0.3 is 4.74 Å². The van der Waals surface area contributed by atoms with Gasteiger partial charge in [-0.2, -0.15) is 0 Å². The van der Waals surface area contributed by atoms with E-state index in [1.165, 1.54) is 11.1 Å². The highest BCUT2D eigenvalue weighted by molar-refractivity contribution is 5.26. The molecule has 0 radical (unpaired) electrons. The Morgan fingerprint density at radius 3 is 2.56 bits per heavy atom. The average molecular weight is 222 g/mol. The minimum Gasteiger partial charge on any atom is -0.380 e. The molecule has 1 aromatic rings. The van der Waals surface area contributed by atoms with E-state index in [4.69, 9.17) is 10.6 Å². The standard InChI is InChI=1S/C13H22N2O/c1-4-13(16-3)12(15-14)9-11-8-6-5-7-10(11)2/h5-8,12-13,15H,4,9,14H2,1-3H3. The third-order valence-electron chi connectivity index (χ3n) is 3.07. The molecular weight excluding hydrogens is 200 g/mol. The minimum absolute atomic E-state index is 0.157. The maximum absolute atomic E-state index is 5.59. The molecule has 0 heterocycles. The predicted molar refractivity (Wildman–Crippen MR) is 67.1 cm³/mol. The van der Waals surface area contributed by atoms with Crippen molar-refractivity contribution < 1.29 is 4.74 Å². The summed E-state index contributed by atoms with van der Waals surface area (Å²) in [6, 6.07) is 8.54. The van der Waals surface area contributed by atoms with Crippen LogP contribution in [0.4, 0.5) is 0 Å². The molecule has 0 amide bonds. The second-order valence-electron chi connectivity index (χ2n) is 4.09. The van der Waals surface area contributed by atoms with Crippen LogP contribution in [0.15, 0.2) is 24.3 Å². The number of methoxy groups -OCH3 is 1. The number of nitrogens with one attached hydrogen (secondary N) is 1. The lowest BCUT2D eigenvalue weighted by Gasteiger charge is -2.25. The van der Waals surface area contributed by atoms with Crippen LogP contribution in [0.2, 0.25) is 0 Å². The van der Waals surface area contributed by atoms with Gasteiger partial charge in [0.2, 0.25) is 0 Å². The fraction of sp³-hybridized carbons (Fsp3) is 0.538. The molecule has 0 bridgehead atoms. The summed E-state index contributed by atoms with van der Waals surface area (Å²) >= 11 is 0. The average Bonchev–Trinajstić information content (AvgIpc) is 2.31. The molecule has 2 atom stereocenters. The van der Waals surface area contributed by atoms with E-state index >= 15 is 0 Å². The number of hydrazine groups is 1. The molecule has 0 spiro atoms. The Hall–Kier alpha value is -0.900. The molecule has 1 rings (SSSR count). The molecule has 0 aliphatic carbocycles. The Labute approximate surface area is 98.0 Å². The summed E-state index contributed by atoms with van der Waals surface area (Å²) in [5.74, 6) is 5.59. The second-order valence-corrected chi connectivity index (χ2v) is 4.09. The van der Waals surface area contributed by atoms with Gasteiger partial charge in [0.15, 0.2) is 0 Å². The number of nitrogens with two attached hydrogens (primary N) is 1. The second kappa shape index (κ2) is 6.63. The van der Waals surface area contributed by atoms with E-state index in [9.17, 15) is 0 Å². The van der Waals surface area contributed by atoms with Crippen molar-refractivity contribution in [1.29, 1.82) is 0 Å². The third-order valence-corrected chi connectivity index (χ3v) is 3.07. The van der Waals surface area contributed by atoms with Crippen molar-refractivity contribution in [3.05, 3.63) is 35.4 Å². The van der Waals surface area contributed by atoms with Gasteiger partial charge in [-0.3, -0.25) is 11.3 Å². The van der Waals surface area contributed by atoms with Crippen molar-refractivity contribution in [2.75, 3.05) is 7.11 Å². The lowest BCUT2D eigenvalue weighted by molar-refractivity contribution is 0.0653. The summed E-state index contributed by atoms with van der Waals surface area (Å²) in [6.07, 6.45) is 2.01. The number of ether oxygens (including phenoxy) is 1. The molecule has 3 nitrogen and oxygen atoms in total. The summed E-state index contributed by atoms with van der Waals surface area (Å²) in [7, 11) is 1.73. The lowest BCUT2D eigenvalue weighted by atomic mass is 9.97. The monoisotopic (exact) mass is 222 g/mol. The molecule has 0 saturated carbocycles. The van der Waals surface area contributed by atoms with Crippen molar-refractivity contribution in [3.63, 3.8) is 0 Å². The smallest absolute Gasteiger partial charge is 0.0738 e. The van der Waals surface area contributed by atoms with E-state index < -0.39 is 0 Å². The Bertz CT molecular complexity index is 311. The number of benzene rings is 1. The first-order valence-corrected chi connectivity index (χ1v) is 5.76. The van der Waals surface area contributed by atoms with E-state index in [-0.39, 0.29) is 12.1 Å². The van der Waals surface area contributed by atoms with Gasteiger partial charge in [-0.05, 0) is 30.9 Å². The van der Waals surface area contributed by atoms with E-state index in [1.807, 2.05) is 0 Å². The van der Waals surface area contributed by atoms with Crippen molar-refractivity contribution in [2.45, 2.75) is 38.8 Å². The molecule has 16 heavy (non-hydrogen) atoms. The van der Waals surface area contributed by atoms with Crippen LogP contribution >= 0.6 is 0 Å². The predicted octanol–water partition coefficient (Wildman–Crippen LogP) is 1.79. The zero-order valence-corrected chi connectivity index (χ0v) is 10.4. The molecule has 0 fully saturated rings. The topological polar surface area (TPSA) is 47.3 Å². The van der Waals surface area contributed by atoms with Crippen LogP contribution in [0.3, 0.4) is 0 Å². The molecule has 0 aromatic heterocycles. The van der Waals surface area contributed by atoms with Gasteiger partial charge in [0, 0.05) is 7.11 Å². The van der Waals surface area contributed by atoms with Crippen LogP contribution in [0.1, 0.15) is 24.5 Å². The summed E-state index contributed by atoms with van der Waals surface area (Å²) in [5, 5.41) is 0. The van der Waals surface area contributed by atoms with Crippen molar-refractivity contribution >= 4 is 0 Å². The normalized spacial score (nSPS) is 14.8. The van der Waals surface area contributed by atoms with E-state index in [2.05, 4.69) is 43.5 Å². The molecule has 3 heteroatoms. The van der Waals surface area contributed by atoms with Gasteiger partial charge in [-0.15, -0.1) is 0 Å². The zero-order chi connectivity index (χ0) is 12.0. The molecule has 90 valence electrons. The van der Waals surface area contributed by atoms with Crippen LogP contribution in [0.25, 0.3) is 0 Å². The minimum atomic E-state index is 0.157. The maximum atomic E-state index is 5.59. The Morgan fingerprint density at radius 1 is 1.38 bits per heavy atom. The zero-order valence-electron chi connectivity index (χ0n) is 10.4. The highest BCUT2D eigenvalue weighted by Crippen LogP contribution is 2.13. The Morgan fingerprint density at radius 2 is 2.06 bits per heavy atom. The quantitative estimate of drug-likeness (QED) is 0.570. The van der Waals surface area contributed by atoms with E-state index in [0.29, 0.717) is 0 Å². The Balaban J connectivity index is 2.73. The summed E-state index contributed by atoms with van der Waals surface area (Å²) in [4.78, 5) is 0. The first-order chi connectivity index (χ1) is 7.72. The van der Waals surface area contributed by atoms with Crippen LogP contribution in [0, 0.1) is 6.92 Å². The molecule has 0 aliphatic heterocycles. The number of aryl methyl sites for hydroxylation is 1. The molecule has 3 N–H and O–H groups in total. The fourth-order valence-electron chi connectivity index (χ4n) is 1.99. The fourth-order valence-corrected chi connectivity index (χ4v) is 1.99. The van der Waals surface area contributed by atoms with Crippen LogP contribution in [-0.2, 0) is 11.2 Å². The van der Waals surface area contributed by atoms with Gasteiger partial charge >= 0.3 is 0 Å². The third kappa shape index (κ3) is 3.30. The molecule has 0 aliphatic rings. The summed E-state index contributed by atoms with van der Waals surface area (Å²) in [6.45, 7) is 4.23. The highest BCUT2D eigenvalue weighted by atomic mass is 16.5. The first kappa shape index (κ1) is 13.2. The van der Waals surface area contributed by atoms with Crippen LogP contribution in [0.5, 0.6) is 0 Å². The highest BCUT2D eigenvalue weighted by Gasteiger charge is 2.19. The van der Waals surface area contributed by atoms with Gasteiger partial charge in [0.1, 0.15) is 0 Å². The van der Waals surface area contributed by atoms with Crippen molar-refractivity contribution in [2.24, 2.45) is 5.84 Å². The van der Waals surface area contributed by atoms with E-state index in [0.717, 1.165) is 12.8 Å². The molecule has 0 saturated heterocycles. The van der Waals surface area contributed by atoms with Crippen LogP contribution < -0.4 is 11.3 Å². The molecule has 2 unspecified atom stereocenters. The van der Waals surface area contributed by atoms with E-state index in [1.54, 1.807) is 7.11 Å². The summed E-state index contributed by atoms with van der Waals surface area (Å²) in [5.41, 5.74) is 5.47. The number of hydrogen-bond acceptors (Lipinski definition) is 3. The SMILES string of the molecule is CCC(OC)C(Cc1ccccc1C)NN.